The maximum Gasteiger partial charge on any atom is 0.155 e. The second-order valence-electron chi connectivity index (χ2n) is 7.95. The number of likely N-dealkylation sites (tertiary alicyclic amines) is 2. The first-order valence-electron chi connectivity index (χ1n) is 9.05. The Kier molecular flexibility index (Phi) is 6.26. The highest BCUT2D eigenvalue weighted by atomic mass is 32.2. The van der Waals surface area contributed by atoms with Crippen LogP contribution in [0.5, 0.6) is 0 Å². The predicted molar refractivity (Wildman–Crippen MR) is 93.5 cm³/mol. The second kappa shape index (κ2) is 8.02. The first kappa shape index (κ1) is 18.0. The quantitative estimate of drug-likeness (QED) is 0.494. The van der Waals surface area contributed by atoms with Gasteiger partial charge in [0.25, 0.3) is 0 Å². The standard InChI is InChI=1S/C17H33N2O3S/c1-19(2)12-17(13-19)20-9-8-18-6-4-14(5-7-18)21-15-10-16(11-15)22-23-3/h14-17H,4-13H2,1-3H3/q+1/t15-,16-. The number of piperidine rings is 1. The van der Waals surface area contributed by atoms with E-state index in [1.54, 1.807) is 0 Å². The molecule has 3 aliphatic rings. The van der Waals surface area contributed by atoms with Crippen LogP contribution in [-0.2, 0) is 13.7 Å². The molecule has 0 amide bonds. The normalized spacial score (nSPS) is 32.5. The molecule has 0 atom stereocenters. The number of quaternary nitrogens is 1. The van der Waals surface area contributed by atoms with Crippen LogP contribution in [0.25, 0.3) is 0 Å². The van der Waals surface area contributed by atoms with E-state index in [9.17, 15) is 0 Å². The van der Waals surface area contributed by atoms with E-state index in [-0.39, 0.29) is 0 Å². The van der Waals surface area contributed by atoms with Gasteiger partial charge in [0.05, 0.1) is 39.0 Å². The van der Waals surface area contributed by atoms with Gasteiger partial charge in [-0.25, -0.2) is 0 Å². The summed E-state index contributed by atoms with van der Waals surface area (Å²) in [6.45, 7) is 6.59. The molecule has 0 unspecified atom stereocenters. The van der Waals surface area contributed by atoms with E-state index in [4.69, 9.17) is 13.7 Å². The SMILES string of the molecule is CSO[C@H]1C[C@H](OC2CCN(CCOC3C[N+](C)(C)C3)CC2)C1. The third-order valence-corrected chi connectivity index (χ3v) is 5.82. The number of nitrogens with zero attached hydrogens (tertiary/aromatic N) is 2. The molecule has 6 heteroatoms. The van der Waals surface area contributed by atoms with Gasteiger partial charge < -0.3 is 23.0 Å². The van der Waals surface area contributed by atoms with Crippen LogP contribution >= 0.6 is 12.0 Å². The summed E-state index contributed by atoms with van der Waals surface area (Å²) in [5, 5.41) is 0. The second-order valence-corrected chi connectivity index (χ2v) is 8.47. The molecular formula is C17H33N2O3S+. The van der Waals surface area contributed by atoms with Crippen LogP contribution in [0, 0.1) is 0 Å². The Morgan fingerprint density at radius 1 is 1.00 bits per heavy atom. The molecule has 3 fully saturated rings. The van der Waals surface area contributed by atoms with E-state index in [1.165, 1.54) is 25.1 Å². The van der Waals surface area contributed by atoms with Gasteiger partial charge in [-0.1, -0.05) is 0 Å². The van der Waals surface area contributed by atoms with E-state index in [0.29, 0.717) is 24.4 Å². The zero-order valence-corrected chi connectivity index (χ0v) is 15.7. The van der Waals surface area contributed by atoms with Crippen molar-refractivity contribution in [3.8, 4) is 0 Å². The summed E-state index contributed by atoms with van der Waals surface area (Å²) in [6.07, 6.45) is 8.26. The Morgan fingerprint density at radius 2 is 1.70 bits per heavy atom. The number of ether oxygens (including phenoxy) is 2. The zero-order chi connectivity index (χ0) is 16.3. The Hall–Kier alpha value is 0.150. The van der Waals surface area contributed by atoms with Crippen LogP contribution in [0.2, 0.25) is 0 Å². The topological polar surface area (TPSA) is 30.9 Å². The Morgan fingerprint density at radius 3 is 2.30 bits per heavy atom. The van der Waals surface area contributed by atoms with E-state index < -0.39 is 0 Å². The minimum absolute atomic E-state index is 0.419. The highest BCUT2D eigenvalue weighted by molar-refractivity contribution is 7.93. The highest BCUT2D eigenvalue weighted by Crippen LogP contribution is 2.31. The van der Waals surface area contributed by atoms with Gasteiger partial charge in [-0.2, -0.15) is 0 Å². The van der Waals surface area contributed by atoms with Gasteiger partial charge in [0.1, 0.15) is 13.1 Å². The smallest absolute Gasteiger partial charge is 0.155 e. The van der Waals surface area contributed by atoms with Gasteiger partial charge in [-0.15, -0.1) is 0 Å². The average molecular weight is 346 g/mol. The fourth-order valence-corrected chi connectivity index (χ4v) is 4.32. The van der Waals surface area contributed by atoms with Crippen LogP contribution in [0.4, 0.5) is 0 Å². The molecule has 2 saturated heterocycles. The van der Waals surface area contributed by atoms with Crippen molar-refractivity contribution < 1.29 is 18.1 Å². The molecule has 2 aliphatic heterocycles. The molecule has 5 nitrogen and oxygen atoms in total. The molecule has 3 rings (SSSR count). The van der Waals surface area contributed by atoms with Gasteiger partial charge in [-0.05, 0) is 24.9 Å². The minimum atomic E-state index is 0.419. The fraction of sp³-hybridized carbons (Fsp3) is 1.00. The molecular weight excluding hydrogens is 312 g/mol. The molecule has 0 bridgehead atoms. The maximum atomic E-state index is 6.20. The van der Waals surface area contributed by atoms with Crippen molar-refractivity contribution in [2.45, 2.75) is 50.1 Å². The molecule has 0 N–H and O–H groups in total. The molecule has 0 radical (unpaired) electrons. The van der Waals surface area contributed by atoms with E-state index >= 15 is 0 Å². The number of hydrogen-bond donors (Lipinski definition) is 0. The summed E-state index contributed by atoms with van der Waals surface area (Å²) in [5.74, 6) is 0. The largest absolute Gasteiger partial charge is 0.375 e. The maximum absolute atomic E-state index is 6.20. The van der Waals surface area contributed by atoms with Crippen molar-refractivity contribution in [2.75, 3.05) is 59.7 Å². The van der Waals surface area contributed by atoms with E-state index in [2.05, 4.69) is 19.0 Å². The first-order valence-corrected chi connectivity index (χ1v) is 10.2. The lowest BCUT2D eigenvalue weighted by Crippen LogP contribution is -2.62. The number of likely N-dealkylation sites (N-methyl/N-ethyl adjacent to an activating group) is 1. The van der Waals surface area contributed by atoms with Crippen LogP contribution in [0.3, 0.4) is 0 Å². The third-order valence-electron chi connectivity index (χ3n) is 5.36. The lowest BCUT2D eigenvalue weighted by atomic mass is 9.91. The van der Waals surface area contributed by atoms with Gasteiger partial charge >= 0.3 is 0 Å². The van der Waals surface area contributed by atoms with Crippen LogP contribution in [0.1, 0.15) is 25.7 Å². The molecule has 0 aromatic heterocycles. The minimum Gasteiger partial charge on any atom is -0.375 e. The summed E-state index contributed by atoms with van der Waals surface area (Å²) in [5.41, 5.74) is 0. The lowest BCUT2D eigenvalue weighted by Gasteiger charge is -2.44. The molecule has 2 heterocycles. The molecule has 134 valence electrons. The molecule has 0 aromatic carbocycles. The number of hydrogen-bond acceptors (Lipinski definition) is 5. The van der Waals surface area contributed by atoms with Crippen molar-refractivity contribution in [3.05, 3.63) is 0 Å². The van der Waals surface area contributed by atoms with Crippen molar-refractivity contribution >= 4 is 12.0 Å². The predicted octanol–water partition coefficient (Wildman–Crippen LogP) is 1.77. The highest BCUT2D eigenvalue weighted by Gasteiger charge is 2.37. The molecule has 1 saturated carbocycles. The van der Waals surface area contributed by atoms with Crippen LogP contribution in [0.15, 0.2) is 0 Å². The summed E-state index contributed by atoms with van der Waals surface area (Å²) in [7, 11) is 4.53. The first-order chi connectivity index (χ1) is 11.0. The van der Waals surface area contributed by atoms with E-state index in [1.807, 2.05) is 6.26 Å². The lowest BCUT2D eigenvalue weighted by molar-refractivity contribution is -0.937. The Bertz CT molecular complexity index is 361. The zero-order valence-electron chi connectivity index (χ0n) is 14.9. The van der Waals surface area contributed by atoms with Gasteiger partial charge in [0, 0.05) is 38.7 Å². The molecule has 1 aliphatic carbocycles. The van der Waals surface area contributed by atoms with Gasteiger partial charge in [-0.3, -0.25) is 0 Å². The van der Waals surface area contributed by atoms with Gasteiger partial charge in [0.2, 0.25) is 0 Å². The molecule has 0 aromatic rings. The third kappa shape index (κ3) is 5.31. The monoisotopic (exact) mass is 345 g/mol. The van der Waals surface area contributed by atoms with E-state index in [0.717, 1.165) is 56.4 Å². The molecule has 23 heavy (non-hydrogen) atoms. The average Bonchev–Trinajstić information content (AvgIpc) is 2.45. The summed E-state index contributed by atoms with van der Waals surface area (Å²) < 4.78 is 18.8. The van der Waals surface area contributed by atoms with Crippen molar-refractivity contribution in [1.29, 1.82) is 0 Å². The van der Waals surface area contributed by atoms with Gasteiger partial charge in [0.15, 0.2) is 6.10 Å². The Balaban J connectivity index is 1.21. The van der Waals surface area contributed by atoms with Crippen LogP contribution in [-0.4, -0.2) is 93.5 Å². The van der Waals surface area contributed by atoms with Crippen molar-refractivity contribution in [2.24, 2.45) is 0 Å². The summed E-state index contributed by atoms with van der Waals surface area (Å²) in [6, 6.07) is 0. The summed E-state index contributed by atoms with van der Waals surface area (Å²) >= 11 is 1.47. The molecule has 0 spiro atoms. The summed E-state index contributed by atoms with van der Waals surface area (Å²) in [4.78, 5) is 2.53. The van der Waals surface area contributed by atoms with Crippen molar-refractivity contribution in [1.82, 2.24) is 4.90 Å². The number of rotatable bonds is 8. The Labute approximate surface area is 145 Å². The fourth-order valence-electron chi connectivity index (χ4n) is 3.89. The van der Waals surface area contributed by atoms with Crippen LogP contribution < -0.4 is 0 Å². The van der Waals surface area contributed by atoms with Crippen molar-refractivity contribution in [3.63, 3.8) is 0 Å².